The lowest BCUT2D eigenvalue weighted by Gasteiger charge is -2.06. The third kappa shape index (κ3) is 4.76. The highest BCUT2D eigenvalue weighted by molar-refractivity contribution is 5.92. The molecule has 0 atom stereocenters. The number of carboxylic acids is 1. The number of benzene rings is 1. The fourth-order valence-corrected chi connectivity index (χ4v) is 1.93. The molecule has 2 N–H and O–H groups in total. The van der Waals surface area contributed by atoms with Crippen LogP contribution in [0.4, 0.5) is 5.69 Å². The largest absolute Gasteiger partial charge is 0.481 e. The van der Waals surface area contributed by atoms with Crippen molar-refractivity contribution in [2.45, 2.75) is 26.2 Å². The Balaban J connectivity index is 1.94. The van der Waals surface area contributed by atoms with Gasteiger partial charge in [-0.15, -0.1) is 0 Å². The van der Waals surface area contributed by atoms with Crippen LogP contribution in [0.25, 0.3) is 0 Å². The maximum Gasteiger partial charge on any atom is 0.303 e. The number of carboxylic acid groups (broad SMARTS) is 1. The minimum atomic E-state index is -0.842. The average Bonchev–Trinajstić information content (AvgIpc) is 2.82. The number of carbonyl (C=O) groups is 2. The molecule has 2 rings (SSSR count). The molecule has 0 saturated carbocycles. The van der Waals surface area contributed by atoms with Crippen molar-refractivity contribution in [3.05, 3.63) is 47.3 Å². The number of rotatable bonds is 6. The van der Waals surface area contributed by atoms with E-state index in [0.717, 1.165) is 5.56 Å². The van der Waals surface area contributed by atoms with Gasteiger partial charge in [0.15, 0.2) is 0 Å². The first-order chi connectivity index (χ1) is 10.0. The van der Waals surface area contributed by atoms with Gasteiger partial charge in [0.2, 0.25) is 5.91 Å². The number of aliphatic carboxylic acids is 1. The van der Waals surface area contributed by atoms with Crippen molar-refractivity contribution in [1.82, 2.24) is 5.16 Å². The molecule has 6 nitrogen and oxygen atoms in total. The molecule has 6 heteroatoms. The number of nitrogens with zero attached hydrogens (tertiary/aromatic N) is 1. The summed E-state index contributed by atoms with van der Waals surface area (Å²) in [7, 11) is 0. The first-order valence-electron chi connectivity index (χ1n) is 6.56. The van der Waals surface area contributed by atoms with Gasteiger partial charge in [0.1, 0.15) is 5.76 Å². The van der Waals surface area contributed by atoms with E-state index in [1.54, 1.807) is 31.2 Å². The van der Waals surface area contributed by atoms with Gasteiger partial charge in [0.25, 0.3) is 0 Å². The van der Waals surface area contributed by atoms with Crippen molar-refractivity contribution >= 4 is 17.6 Å². The second-order valence-electron chi connectivity index (χ2n) is 4.75. The highest BCUT2D eigenvalue weighted by Crippen LogP contribution is 2.13. The highest BCUT2D eigenvalue weighted by atomic mass is 16.5. The molecule has 0 aliphatic heterocycles. The lowest BCUT2D eigenvalue weighted by atomic mass is 10.1. The zero-order chi connectivity index (χ0) is 15.2. The molecule has 2 aromatic rings. The van der Waals surface area contributed by atoms with E-state index in [9.17, 15) is 9.59 Å². The van der Waals surface area contributed by atoms with Gasteiger partial charge in [-0.1, -0.05) is 17.3 Å². The van der Waals surface area contributed by atoms with E-state index in [-0.39, 0.29) is 18.7 Å². The third-order valence-corrected chi connectivity index (χ3v) is 2.86. The Bertz CT molecular complexity index is 649. The van der Waals surface area contributed by atoms with Crippen LogP contribution in [0.5, 0.6) is 0 Å². The standard InChI is InChI=1S/C15H16N2O4/c1-10-7-13(17-21-10)9-14(18)16-12-4-2-3-11(8-12)5-6-15(19)20/h2-4,7-8H,5-6,9H2,1H3,(H,16,18)(H,19,20). The Morgan fingerprint density at radius 2 is 2.14 bits per heavy atom. The Morgan fingerprint density at radius 3 is 2.81 bits per heavy atom. The fourth-order valence-electron chi connectivity index (χ4n) is 1.93. The second kappa shape index (κ2) is 6.69. The van der Waals surface area contributed by atoms with Crippen LogP contribution in [0.1, 0.15) is 23.4 Å². The van der Waals surface area contributed by atoms with Crippen molar-refractivity contribution in [1.29, 1.82) is 0 Å². The summed E-state index contributed by atoms with van der Waals surface area (Å²) in [6.45, 7) is 1.76. The molecule has 1 aromatic heterocycles. The molecular weight excluding hydrogens is 272 g/mol. The molecule has 0 spiro atoms. The lowest BCUT2D eigenvalue weighted by molar-refractivity contribution is -0.137. The quantitative estimate of drug-likeness (QED) is 0.850. The van der Waals surface area contributed by atoms with Gasteiger partial charge in [-0.2, -0.15) is 0 Å². The molecule has 1 heterocycles. The second-order valence-corrected chi connectivity index (χ2v) is 4.75. The number of anilines is 1. The molecule has 0 fully saturated rings. The predicted octanol–water partition coefficient (Wildman–Crippen LogP) is 2.18. The molecule has 0 aliphatic carbocycles. The summed E-state index contributed by atoms with van der Waals surface area (Å²) in [4.78, 5) is 22.4. The first-order valence-corrected chi connectivity index (χ1v) is 6.56. The Kier molecular flexibility index (Phi) is 4.71. The Morgan fingerprint density at radius 1 is 1.33 bits per heavy atom. The van der Waals surface area contributed by atoms with Crippen molar-refractivity contribution in [2.24, 2.45) is 0 Å². The number of aromatic nitrogens is 1. The molecule has 0 radical (unpaired) electrons. The molecule has 110 valence electrons. The fraction of sp³-hybridized carbons (Fsp3) is 0.267. The summed E-state index contributed by atoms with van der Waals surface area (Å²) in [6, 6.07) is 8.86. The van der Waals surface area contributed by atoms with E-state index in [4.69, 9.17) is 9.63 Å². The normalized spacial score (nSPS) is 10.3. The number of hydrogen-bond acceptors (Lipinski definition) is 4. The summed E-state index contributed by atoms with van der Waals surface area (Å²) in [5, 5.41) is 15.2. The predicted molar refractivity (Wildman–Crippen MR) is 76.0 cm³/mol. The van der Waals surface area contributed by atoms with Crippen LogP contribution in [-0.2, 0) is 22.4 Å². The van der Waals surface area contributed by atoms with E-state index < -0.39 is 5.97 Å². The molecule has 0 saturated heterocycles. The summed E-state index contributed by atoms with van der Waals surface area (Å²) >= 11 is 0. The summed E-state index contributed by atoms with van der Waals surface area (Å²) in [6.07, 6.45) is 0.633. The zero-order valence-corrected chi connectivity index (χ0v) is 11.6. The summed E-state index contributed by atoms with van der Waals surface area (Å²) in [5.41, 5.74) is 2.09. The minimum absolute atomic E-state index is 0.0651. The Hall–Kier alpha value is -2.63. The van der Waals surface area contributed by atoms with E-state index >= 15 is 0 Å². The van der Waals surface area contributed by atoms with Crippen LogP contribution in [0.15, 0.2) is 34.9 Å². The number of nitrogens with one attached hydrogen (secondary N) is 1. The van der Waals surface area contributed by atoms with Gasteiger partial charge in [0.05, 0.1) is 12.1 Å². The first kappa shape index (κ1) is 14.8. The Labute approximate surface area is 121 Å². The third-order valence-electron chi connectivity index (χ3n) is 2.86. The SMILES string of the molecule is Cc1cc(CC(=O)Nc2cccc(CCC(=O)O)c2)no1. The molecule has 21 heavy (non-hydrogen) atoms. The van der Waals surface area contributed by atoms with Gasteiger partial charge in [-0.25, -0.2) is 0 Å². The van der Waals surface area contributed by atoms with Gasteiger partial charge in [-0.3, -0.25) is 9.59 Å². The van der Waals surface area contributed by atoms with E-state index in [0.29, 0.717) is 23.6 Å². The topological polar surface area (TPSA) is 92.4 Å². The minimum Gasteiger partial charge on any atom is -0.481 e. The molecule has 0 aliphatic rings. The zero-order valence-electron chi connectivity index (χ0n) is 11.6. The van der Waals surface area contributed by atoms with Crippen LogP contribution in [0.3, 0.4) is 0 Å². The van der Waals surface area contributed by atoms with Crippen molar-refractivity contribution in [3.63, 3.8) is 0 Å². The van der Waals surface area contributed by atoms with Gasteiger partial charge < -0.3 is 14.9 Å². The monoisotopic (exact) mass is 288 g/mol. The van der Waals surface area contributed by atoms with Crippen molar-refractivity contribution in [2.75, 3.05) is 5.32 Å². The van der Waals surface area contributed by atoms with Crippen LogP contribution >= 0.6 is 0 Å². The number of hydrogen-bond donors (Lipinski definition) is 2. The number of carbonyl (C=O) groups excluding carboxylic acids is 1. The van der Waals surface area contributed by atoms with E-state index in [1.165, 1.54) is 0 Å². The molecule has 0 unspecified atom stereocenters. The summed E-state index contributed by atoms with van der Waals surface area (Å²) < 4.78 is 4.90. The average molecular weight is 288 g/mol. The highest BCUT2D eigenvalue weighted by Gasteiger charge is 2.08. The van der Waals surface area contributed by atoms with E-state index in [1.807, 2.05) is 6.07 Å². The smallest absolute Gasteiger partial charge is 0.303 e. The summed E-state index contributed by atoms with van der Waals surface area (Å²) in [5.74, 6) is -0.377. The molecule has 0 bridgehead atoms. The maximum absolute atomic E-state index is 11.9. The maximum atomic E-state index is 11.9. The van der Waals surface area contributed by atoms with Gasteiger partial charge in [0, 0.05) is 18.2 Å². The van der Waals surface area contributed by atoms with Crippen LogP contribution in [0.2, 0.25) is 0 Å². The molecule has 1 aromatic carbocycles. The van der Waals surface area contributed by atoms with Crippen molar-refractivity contribution < 1.29 is 19.2 Å². The van der Waals surface area contributed by atoms with Crippen molar-refractivity contribution in [3.8, 4) is 0 Å². The molecular formula is C15H16N2O4. The molecule has 1 amide bonds. The van der Waals surface area contributed by atoms with Crippen LogP contribution in [-0.4, -0.2) is 22.1 Å². The van der Waals surface area contributed by atoms with E-state index in [2.05, 4.69) is 10.5 Å². The van der Waals surface area contributed by atoms with Crippen LogP contribution in [0, 0.1) is 6.92 Å². The van der Waals surface area contributed by atoms with Gasteiger partial charge in [-0.05, 0) is 31.0 Å². The lowest BCUT2D eigenvalue weighted by Crippen LogP contribution is -2.14. The van der Waals surface area contributed by atoms with Crippen LogP contribution < -0.4 is 5.32 Å². The van der Waals surface area contributed by atoms with Gasteiger partial charge >= 0.3 is 5.97 Å². The number of amides is 1. The number of aryl methyl sites for hydroxylation is 2.